The number of nitrogens with zero attached hydrogens (tertiary/aromatic N) is 3. The van der Waals surface area contributed by atoms with Crippen molar-refractivity contribution in [3.05, 3.63) is 11.6 Å². The average Bonchev–Trinajstić information content (AvgIpc) is 3.18. The molecule has 0 aliphatic carbocycles. The van der Waals surface area contributed by atoms with Crippen molar-refractivity contribution < 1.29 is 14.3 Å². The van der Waals surface area contributed by atoms with E-state index in [9.17, 15) is 4.79 Å². The second-order valence-corrected chi connectivity index (χ2v) is 6.27. The van der Waals surface area contributed by atoms with Gasteiger partial charge in [0.2, 0.25) is 5.91 Å². The van der Waals surface area contributed by atoms with Crippen LogP contribution in [0.25, 0.3) is 0 Å². The highest BCUT2D eigenvalue weighted by molar-refractivity contribution is 5.76. The summed E-state index contributed by atoms with van der Waals surface area (Å²) in [5.74, 6) is 1.90. The van der Waals surface area contributed by atoms with Gasteiger partial charge in [0.1, 0.15) is 6.10 Å². The number of ether oxygens (including phenoxy) is 2. The van der Waals surface area contributed by atoms with E-state index in [4.69, 9.17) is 9.47 Å². The Labute approximate surface area is 130 Å². The van der Waals surface area contributed by atoms with Crippen molar-refractivity contribution in [3.8, 4) is 0 Å². The molecule has 1 aromatic rings. The fourth-order valence-electron chi connectivity index (χ4n) is 2.86. The van der Waals surface area contributed by atoms with E-state index in [2.05, 4.69) is 15.2 Å². The highest BCUT2D eigenvalue weighted by atomic mass is 16.5. The van der Waals surface area contributed by atoms with Crippen LogP contribution in [0, 0.1) is 0 Å². The Morgan fingerprint density at radius 3 is 2.95 bits per heavy atom. The summed E-state index contributed by atoms with van der Waals surface area (Å²) in [5.41, 5.74) is 0. The Morgan fingerprint density at radius 2 is 2.27 bits per heavy atom. The lowest BCUT2D eigenvalue weighted by Gasteiger charge is -2.32. The average molecular weight is 308 g/mol. The number of aromatic nitrogens is 3. The molecule has 0 spiro atoms. The van der Waals surface area contributed by atoms with Gasteiger partial charge in [-0.1, -0.05) is 13.8 Å². The molecule has 3 heterocycles. The highest BCUT2D eigenvalue weighted by Gasteiger charge is 2.30. The van der Waals surface area contributed by atoms with E-state index in [1.54, 1.807) is 0 Å². The minimum absolute atomic E-state index is 0.0895. The van der Waals surface area contributed by atoms with E-state index >= 15 is 0 Å². The number of morpholine rings is 1. The number of hydrogen-bond donors (Lipinski definition) is 1. The molecular formula is C15H24N4O3. The molecule has 2 saturated heterocycles. The SMILES string of the molecule is CC(C)c1n[nH]c([C@@H]2CN(C(=O)C[C@H]3CCCO3)CCO2)n1. The van der Waals surface area contributed by atoms with Crippen LogP contribution in [-0.2, 0) is 14.3 Å². The molecule has 7 nitrogen and oxygen atoms in total. The molecule has 0 saturated carbocycles. The van der Waals surface area contributed by atoms with Crippen molar-refractivity contribution in [2.24, 2.45) is 0 Å². The van der Waals surface area contributed by atoms with Gasteiger partial charge in [-0.05, 0) is 12.8 Å². The predicted molar refractivity (Wildman–Crippen MR) is 79.3 cm³/mol. The molecule has 22 heavy (non-hydrogen) atoms. The molecule has 0 radical (unpaired) electrons. The maximum atomic E-state index is 12.4. The number of aromatic amines is 1. The van der Waals surface area contributed by atoms with Gasteiger partial charge in [-0.15, -0.1) is 0 Å². The fraction of sp³-hybridized carbons (Fsp3) is 0.800. The van der Waals surface area contributed by atoms with Gasteiger partial charge in [-0.2, -0.15) is 5.10 Å². The van der Waals surface area contributed by atoms with E-state index in [0.717, 1.165) is 25.3 Å². The fourth-order valence-corrected chi connectivity index (χ4v) is 2.86. The molecule has 0 bridgehead atoms. The topological polar surface area (TPSA) is 80.3 Å². The lowest BCUT2D eigenvalue weighted by molar-refractivity contribution is -0.141. The van der Waals surface area contributed by atoms with Crippen LogP contribution < -0.4 is 0 Å². The first-order valence-electron chi connectivity index (χ1n) is 8.06. The summed E-state index contributed by atoms with van der Waals surface area (Å²) >= 11 is 0. The van der Waals surface area contributed by atoms with Crippen LogP contribution in [0.1, 0.15) is 56.8 Å². The third kappa shape index (κ3) is 3.47. The van der Waals surface area contributed by atoms with Crippen LogP contribution in [0.2, 0.25) is 0 Å². The van der Waals surface area contributed by atoms with E-state index in [0.29, 0.717) is 31.9 Å². The number of carbonyl (C=O) groups is 1. The van der Waals surface area contributed by atoms with Crippen LogP contribution in [0.5, 0.6) is 0 Å². The van der Waals surface area contributed by atoms with Crippen LogP contribution in [0.15, 0.2) is 0 Å². The molecule has 1 amide bonds. The molecule has 1 N–H and O–H groups in total. The monoisotopic (exact) mass is 308 g/mol. The standard InChI is InChI=1S/C15H24N4O3/c1-10(2)14-16-15(18-17-14)12-9-19(5-7-22-12)13(20)8-11-4-3-6-21-11/h10-12H,3-9H2,1-2H3,(H,16,17,18)/t11-,12+/m1/s1. The first-order chi connectivity index (χ1) is 10.6. The molecule has 122 valence electrons. The Balaban J connectivity index is 1.59. The Hall–Kier alpha value is -1.47. The normalized spacial score (nSPS) is 25.9. The van der Waals surface area contributed by atoms with Crippen LogP contribution >= 0.6 is 0 Å². The molecule has 1 aromatic heterocycles. The quantitative estimate of drug-likeness (QED) is 0.909. The summed E-state index contributed by atoms with van der Waals surface area (Å²) in [6.45, 7) is 6.56. The van der Waals surface area contributed by atoms with E-state index < -0.39 is 0 Å². The van der Waals surface area contributed by atoms with Gasteiger partial charge in [0.25, 0.3) is 0 Å². The van der Waals surface area contributed by atoms with Gasteiger partial charge in [0.15, 0.2) is 11.6 Å². The number of nitrogens with one attached hydrogen (secondary N) is 1. The summed E-state index contributed by atoms with van der Waals surface area (Å²) in [6.07, 6.45) is 2.38. The van der Waals surface area contributed by atoms with Gasteiger partial charge >= 0.3 is 0 Å². The van der Waals surface area contributed by atoms with Crippen molar-refractivity contribution in [3.63, 3.8) is 0 Å². The number of hydrogen-bond acceptors (Lipinski definition) is 5. The molecule has 2 aliphatic heterocycles. The number of amides is 1. The van der Waals surface area contributed by atoms with E-state index in [1.165, 1.54) is 0 Å². The first-order valence-corrected chi connectivity index (χ1v) is 8.06. The number of carbonyl (C=O) groups excluding carboxylic acids is 1. The van der Waals surface area contributed by atoms with Gasteiger partial charge in [0, 0.05) is 19.1 Å². The van der Waals surface area contributed by atoms with Crippen LogP contribution in [0.4, 0.5) is 0 Å². The second-order valence-electron chi connectivity index (χ2n) is 6.27. The maximum absolute atomic E-state index is 12.4. The van der Waals surface area contributed by atoms with E-state index in [-0.39, 0.29) is 24.0 Å². The first kappa shape index (κ1) is 15.4. The predicted octanol–water partition coefficient (Wildman–Crippen LogP) is 1.40. The molecule has 0 aromatic carbocycles. The smallest absolute Gasteiger partial charge is 0.225 e. The third-order valence-electron chi connectivity index (χ3n) is 4.19. The van der Waals surface area contributed by atoms with Crippen LogP contribution in [-0.4, -0.2) is 58.4 Å². The largest absolute Gasteiger partial charge is 0.378 e. The Bertz CT molecular complexity index is 511. The molecular weight excluding hydrogens is 284 g/mol. The second kappa shape index (κ2) is 6.75. The molecule has 2 atom stereocenters. The Morgan fingerprint density at radius 1 is 1.41 bits per heavy atom. The minimum Gasteiger partial charge on any atom is -0.378 e. The Kier molecular flexibility index (Phi) is 4.73. The summed E-state index contributed by atoms with van der Waals surface area (Å²) in [4.78, 5) is 18.7. The zero-order chi connectivity index (χ0) is 15.5. The molecule has 2 aliphatic rings. The zero-order valence-corrected chi connectivity index (χ0v) is 13.2. The van der Waals surface area contributed by atoms with Gasteiger partial charge < -0.3 is 14.4 Å². The minimum atomic E-state index is -0.220. The number of rotatable bonds is 4. The highest BCUT2D eigenvalue weighted by Crippen LogP contribution is 2.23. The van der Waals surface area contributed by atoms with Crippen LogP contribution in [0.3, 0.4) is 0 Å². The lowest BCUT2D eigenvalue weighted by Crippen LogP contribution is -2.43. The molecule has 0 unspecified atom stereocenters. The van der Waals surface area contributed by atoms with E-state index in [1.807, 2.05) is 18.7 Å². The van der Waals surface area contributed by atoms with Crippen molar-refractivity contribution in [1.82, 2.24) is 20.1 Å². The van der Waals surface area contributed by atoms with Crippen molar-refractivity contribution in [2.45, 2.75) is 51.2 Å². The van der Waals surface area contributed by atoms with Crippen molar-refractivity contribution in [1.29, 1.82) is 0 Å². The van der Waals surface area contributed by atoms with Gasteiger partial charge in [0.05, 0.1) is 25.7 Å². The third-order valence-corrected chi connectivity index (χ3v) is 4.19. The molecule has 3 rings (SSSR count). The number of H-pyrrole nitrogens is 1. The summed E-state index contributed by atoms with van der Waals surface area (Å²) in [5, 5.41) is 7.15. The van der Waals surface area contributed by atoms with Gasteiger partial charge in [-0.3, -0.25) is 9.89 Å². The molecule has 2 fully saturated rings. The van der Waals surface area contributed by atoms with Gasteiger partial charge in [-0.25, -0.2) is 4.98 Å². The molecule has 7 heteroatoms. The van der Waals surface area contributed by atoms with Crippen molar-refractivity contribution >= 4 is 5.91 Å². The lowest BCUT2D eigenvalue weighted by atomic mass is 10.1. The van der Waals surface area contributed by atoms with Crippen molar-refractivity contribution in [2.75, 3.05) is 26.3 Å². The summed E-state index contributed by atoms with van der Waals surface area (Å²) < 4.78 is 11.3. The summed E-state index contributed by atoms with van der Waals surface area (Å²) in [7, 11) is 0. The zero-order valence-electron chi connectivity index (χ0n) is 13.2. The maximum Gasteiger partial charge on any atom is 0.225 e. The summed E-state index contributed by atoms with van der Waals surface area (Å²) in [6, 6.07) is 0.